The van der Waals surface area contributed by atoms with Gasteiger partial charge < -0.3 is 45.1 Å². The Hall–Kier alpha value is -2.12. The van der Waals surface area contributed by atoms with E-state index in [1.165, 1.54) is 167 Å². The first-order chi connectivity index (χ1) is 36.7. The van der Waals surface area contributed by atoms with Crippen molar-refractivity contribution in [2.24, 2.45) is 0 Å². The third kappa shape index (κ3) is 40.7. The van der Waals surface area contributed by atoms with E-state index >= 15 is 0 Å². The Morgan fingerprint density at radius 2 is 0.880 bits per heavy atom. The fourth-order valence-electron chi connectivity index (χ4n) is 9.94. The summed E-state index contributed by atoms with van der Waals surface area (Å²) in [5, 5.41) is 57.0. The zero-order chi connectivity index (χ0) is 54.7. The molecule has 8 atom stereocenters. The van der Waals surface area contributed by atoms with Gasteiger partial charge in [-0.05, 0) is 77.0 Å². The summed E-state index contributed by atoms with van der Waals surface area (Å²) in [5.41, 5.74) is 0. The van der Waals surface area contributed by atoms with Gasteiger partial charge in [0, 0.05) is 6.42 Å². The fourth-order valence-corrected chi connectivity index (χ4v) is 9.94. The SMILES string of the molecule is CCCCCCCC/C=C/CCCCCCCCCC(=O)OC1C(OCC(NC(=O)C(O)CCCCCCCC/C=C/CCCCCCCC)C(O)/C=C/CCCCCCCCCCCCC)OC(CO)C(O)C1O. The Morgan fingerprint density at radius 3 is 1.29 bits per heavy atom. The fraction of sp³-hybridized carbons (Fsp3) is 0.875. The lowest BCUT2D eigenvalue weighted by atomic mass is 9.99. The van der Waals surface area contributed by atoms with Gasteiger partial charge in [0.05, 0.1) is 25.4 Å². The van der Waals surface area contributed by atoms with Gasteiger partial charge in [0.25, 0.3) is 0 Å². The van der Waals surface area contributed by atoms with Crippen molar-refractivity contribution >= 4 is 11.9 Å². The zero-order valence-electron chi connectivity index (χ0n) is 48.7. The van der Waals surface area contributed by atoms with E-state index in [0.29, 0.717) is 12.8 Å². The quantitative estimate of drug-likeness (QED) is 0.0195. The number of unbranched alkanes of at least 4 members (excludes halogenated alkanes) is 36. The molecule has 1 heterocycles. The van der Waals surface area contributed by atoms with E-state index in [9.17, 15) is 35.1 Å². The number of aliphatic hydroxyl groups excluding tert-OH is 5. The number of carbonyl (C=O) groups is 2. The van der Waals surface area contributed by atoms with Crippen molar-refractivity contribution in [3.8, 4) is 0 Å². The Morgan fingerprint density at radius 1 is 0.507 bits per heavy atom. The average Bonchev–Trinajstić information content (AvgIpc) is 3.41. The molecule has 0 aromatic heterocycles. The Labute approximate surface area is 460 Å². The first-order valence-electron chi connectivity index (χ1n) is 31.8. The minimum absolute atomic E-state index is 0.120. The molecule has 8 unspecified atom stereocenters. The maximum atomic E-state index is 13.4. The predicted molar refractivity (Wildman–Crippen MR) is 311 cm³/mol. The van der Waals surface area contributed by atoms with Crippen LogP contribution in [0.5, 0.6) is 0 Å². The normalized spacial score (nSPS) is 19.4. The highest BCUT2D eigenvalue weighted by Gasteiger charge is 2.47. The molecule has 0 saturated carbocycles. The second kappa shape index (κ2) is 52.6. The molecular formula is C64H119NO10. The molecule has 0 aromatic carbocycles. The molecule has 0 radical (unpaired) electrons. The molecular weight excluding hydrogens is 943 g/mol. The van der Waals surface area contributed by atoms with Gasteiger partial charge in [-0.15, -0.1) is 0 Å². The number of ether oxygens (including phenoxy) is 3. The molecule has 440 valence electrons. The van der Waals surface area contributed by atoms with Crippen LogP contribution in [0.15, 0.2) is 36.5 Å². The summed E-state index contributed by atoms with van der Waals surface area (Å²) in [6.45, 7) is 5.80. The molecule has 11 nitrogen and oxygen atoms in total. The summed E-state index contributed by atoms with van der Waals surface area (Å²) >= 11 is 0. The van der Waals surface area contributed by atoms with Crippen LogP contribution >= 0.6 is 0 Å². The molecule has 1 aliphatic heterocycles. The van der Waals surface area contributed by atoms with Crippen LogP contribution < -0.4 is 5.32 Å². The van der Waals surface area contributed by atoms with E-state index in [0.717, 1.165) is 83.5 Å². The Kier molecular flexibility index (Phi) is 49.7. The van der Waals surface area contributed by atoms with Crippen molar-refractivity contribution in [1.82, 2.24) is 5.32 Å². The average molecular weight is 1060 g/mol. The second-order valence-electron chi connectivity index (χ2n) is 22.1. The van der Waals surface area contributed by atoms with Gasteiger partial charge >= 0.3 is 5.97 Å². The number of allylic oxidation sites excluding steroid dienone is 5. The molecule has 1 amide bonds. The van der Waals surface area contributed by atoms with Crippen molar-refractivity contribution in [3.63, 3.8) is 0 Å². The number of aliphatic hydroxyl groups is 5. The number of nitrogens with one attached hydrogen (secondary N) is 1. The molecule has 11 heteroatoms. The highest BCUT2D eigenvalue weighted by atomic mass is 16.7. The van der Waals surface area contributed by atoms with Gasteiger partial charge in [-0.25, -0.2) is 0 Å². The van der Waals surface area contributed by atoms with Gasteiger partial charge in [0.15, 0.2) is 12.4 Å². The van der Waals surface area contributed by atoms with Crippen LogP contribution in [-0.2, 0) is 23.8 Å². The maximum Gasteiger partial charge on any atom is 0.306 e. The lowest BCUT2D eigenvalue weighted by Crippen LogP contribution is -2.61. The van der Waals surface area contributed by atoms with Crippen molar-refractivity contribution < 1.29 is 49.3 Å². The molecule has 75 heavy (non-hydrogen) atoms. The van der Waals surface area contributed by atoms with E-state index in [1.807, 2.05) is 6.08 Å². The van der Waals surface area contributed by atoms with Crippen LogP contribution in [-0.4, -0.2) is 99.6 Å². The zero-order valence-corrected chi connectivity index (χ0v) is 48.7. The van der Waals surface area contributed by atoms with E-state index in [1.54, 1.807) is 6.08 Å². The summed E-state index contributed by atoms with van der Waals surface area (Å²) < 4.78 is 17.6. The van der Waals surface area contributed by atoms with E-state index in [-0.39, 0.29) is 19.4 Å². The van der Waals surface area contributed by atoms with Crippen LogP contribution in [0.2, 0.25) is 0 Å². The molecule has 1 fully saturated rings. The molecule has 0 spiro atoms. The summed E-state index contributed by atoms with van der Waals surface area (Å²) in [7, 11) is 0. The minimum Gasteiger partial charge on any atom is -0.454 e. The summed E-state index contributed by atoms with van der Waals surface area (Å²) in [4.78, 5) is 26.5. The van der Waals surface area contributed by atoms with E-state index < -0.39 is 67.4 Å². The van der Waals surface area contributed by atoms with Crippen molar-refractivity contribution in [1.29, 1.82) is 0 Å². The third-order valence-corrected chi connectivity index (χ3v) is 15.0. The maximum absolute atomic E-state index is 13.4. The highest BCUT2D eigenvalue weighted by molar-refractivity contribution is 5.80. The van der Waals surface area contributed by atoms with Crippen LogP contribution in [0.4, 0.5) is 0 Å². The summed E-state index contributed by atoms with van der Waals surface area (Å²) in [6, 6.07) is -1.02. The van der Waals surface area contributed by atoms with Gasteiger partial charge in [-0.2, -0.15) is 0 Å². The molecule has 0 aliphatic carbocycles. The van der Waals surface area contributed by atoms with Crippen molar-refractivity contribution in [2.75, 3.05) is 13.2 Å². The Bertz CT molecular complexity index is 1360. The highest BCUT2D eigenvalue weighted by Crippen LogP contribution is 2.26. The lowest BCUT2D eigenvalue weighted by molar-refractivity contribution is -0.305. The van der Waals surface area contributed by atoms with Crippen molar-refractivity contribution in [2.45, 2.75) is 346 Å². The number of hydrogen-bond donors (Lipinski definition) is 6. The van der Waals surface area contributed by atoms with Crippen molar-refractivity contribution in [3.05, 3.63) is 36.5 Å². The third-order valence-electron chi connectivity index (χ3n) is 15.0. The molecule has 1 aliphatic rings. The number of esters is 1. The first kappa shape index (κ1) is 70.9. The van der Waals surface area contributed by atoms with Crippen LogP contribution in [0, 0.1) is 0 Å². The number of rotatable bonds is 54. The summed E-state index contributed by atoms with van der Waals surface area (Å²) in [6.07, 6.45) is 51.7. The first-order valence-corrected chi connectivity index (χ1v) is 31.8. The van der Waals surface area contributed by atoms with Gasteiger partial charge in [-0.1, -0.05) is 250 Å². The van der Waals surface area contributed by atoms with Gasteiger partial charge in [0.1, 0.15) is 24.4 Å². The predicted octanol–water partition coefficient (Wildman–Crippen LogP) is 15.1. The largest absolute Gasteiger partial charge is 0.454 e. The number of hydrogen-bond acceptors (Lipinski definition) is 10. The molecule has 0 aromatic rings. The lowest BCUT2D eigenvalue weighted by Gasteiger charge is -2.41. The van der Waals surface area contributed by atoms with Crippen LogP contribution in [0.1, 0.15) is 297 Å². The van der Waals surface area contributed by atoms with E-state index in [4.69, 9.17) is 14.2 Å². The Balaban J connectivity index is 2.69. The summed E-state index contributed by atoms with van der Waals surface area (Å²) in [5.74, 6) is -1.19. The molecule has 1 rings (SSSR count). The van der Waals surface area contributed by atoms with E-state index in [2.05, 4.69) is 50.4 Å². The topological polar surface area (TPSA) is 175 Å². The van der Waals surface area contributed by atoms with Gasteiger partial charge in [-0.3, -0.25) is 9.59 Å². The number of amides is 1. The minimum atomic E-state index is -1.61. The van der Waals surface area contributed by atoms with Crippen LogP contribution in [0.25, 0.3) is 0 Å². The smallest absolute Gasteiger partial charge is 0.306 e. The monoisotopic (exact) mass is 1060 g/mol. The van der Waals surface area contributed by atoms with Crippen LogP contribution in [0.3, 0.4) is 0 Å². The molecule has 0 bridgehead atoms. The van der Waals surface area contributed by atoms with Gasteiger partial charge in [0.2, 0.25) is 5.91 Å². The standard InChI is InChI=1S/C64H119NO10/c1-4-7-10-13-16-19-22-25-27-29-31-34-37-40-43-46-49-52-59(69)75-62-61(71)60(70)58(53-66)74-64(62)73-54-55(56(67)50-47-44-41-38-35-32-24-21-18-15-12-9-6-3)65-63(72)57(68)51-48-45-42-39-36-33-30-28-26-23-20-17-14-11-8-5-2/h25-28,47,50,55-58,60-62,64,66-68,70-71H,4-24,29-46,48-49,51-54H2,1-3H3,(H,65,72)/b27-25+,28-26+,50-47+. The number of carbonyl (C=O) groups excluding carboxylic acids is 2. The second-order valence-corrected chi connectivity index (χ2v) is 22.1. The molecule has 6 N–H and O–H groups in total. The molecule has 1 saturated heterocycles.